The van der Waals surface area contributed by atoms with Crippen molar-refractivity contribution in [1.29, 1.82) is 0 Å². The number of hydrogen-bond donors (Lipinski definition) is 2. The normalized spacial score (nSPS) is 22.2. The van der Waals surface area contributed by atoms with Gasteiger partial charge in [0.15, 0.2) is 0 Å². The van der Waals surface area contributed by atoms with Crippen molar-refractivity contribution in [2.45, 2.75) is 17.2 Å². The fourth-order valence-electron chi connectivity index (χ4n) is 1.14. The van der Waals surface area contributed by atoms with Crippen molar-refractivity contribution < 1.29 is 9.90 Å². The van der Waals surface area contributed by atoms with Crippen LogP contribution in [0.25, 0.3) is 0 Å². The molecule has 0 aromatic rings. The smallest absolute Gasteiger partial charge is 0.317 e. The molecule has 0 spiro atoms. The van der Waals surface area contributed by atoms with E-state index in [4.69, 9.17) is 5.11 Å². The minimum absolute atomic E-state index is 0.0249. The van der Waals surface area contributed by atoms with E-state index >= 15 is 0 Å². The first kappa shape index (κ1) is 10.0. The largest absolute Gasteiger partial charge is 0.386 e. The second kappa shape index (κ2) is 4.24. The fourth-order valence-corrected chi connectivity index (χ4v) is 3.12. The molecule has 1 fully saturated rings. The van der Waals surface area contributed by atoms with E-state index in [1.807, 2.05) is 6.92 Å². The molecule has 0 aromatic carbocycles. The first-order valence-corrected chi connectivity index (χ1v) is 5.81. The van der Waals surface area contributed by atoms with Crippen LogP contribution in [0.2, 0.25) is 0 Å². The summed E-state index contributed by atoms with van der Waals surface area (Å²) < 4.78 is -0.499. The summed E-state index contributed by atoms with van der Waals surface area (Å²) in [5, 5.41) is 11.8. The molecule has 2 N–H and O–H groups in total. The minimum atomic E-state index is -0.499. The van der Waals surface area contributed by atoms with E-state index in [2.05, 4.69) is 21.2 Å². The van der Waals surface area contributed by atoms with E-state index in [0.29, 0.717) is 16.1 Å². The molecule has 0 aromatic heterocycles. The number of urea groups is 1. The van der Waals surface area contributed by atoms with Crippen LogP contribution in [0.1, 0.15) is 6.92 Å². The Kier molecular flexibility index (Phi) is 3.54. The van der Waals surface area contributed by atoms with Gasteiger partial charge in [-0.3, -0.25) is 0 Å². The summed E-state index contributed by atoms with van der Waals surface area (Å²) in [4.78, 5) is 12.9. The maximum Gasteiger partial charge on any atom is 0.317 e. The van der Waals surface area contributed by atoms with E-state index in [0.717, 1.165) is 6.54 Å². The Hall–Kier alpha value is -0.0731. The number of carbonyl (C=O) groups is 1. The quantitative estimate of drug-likeness (QED) is 0.536. The van der Waals surface area contributed by atoms with Crippen molar-refractivity contribution in [1.82, 2.24) is 10.2 Å². The molecular weight excluding hydrogens is 240 g/mol. The Labute approximate surface area is 82.3 Å². The van der Waals surface area contributed by atoms with E-state index in [-0.39, 0.29) is 11.7 Å². The van der Waals surface area contributed by atoms with Gasteiger partial charge in [-0.1, -0.05) is 15.9 Å². The fraction of sp³-hybridized carbons (Fsp3) is 0.833. The maximum atomic E-state index is 11.1. The Morgan fingerprint density at radius 3 is 2.92 bits per heavy atom. The molecule has 2 unspecified atom stereocenters. The van der Waals surface area contributed by atoms with Crippen LogP contribution in [0.3, 0.4) is 0 Å². The molecule has 0 saturated carbocycles. The van der Waals surface area contributed by atoms with Crippen LogP contribution in [0, 0.1) is 0 Å². The van der Waals surface area contributed by atoms with Gasteiger partial charge in [-0.05, 0) is 6.92 Å². The topological polar surface area (TPSA) is 52.6 Å². The SMILES string of the molecule is CC([Si]C(O)Br)N1CCNC1=O. The molecule has 68 valence electrons. The number of nitrogens with zero attached hydrogens (tertiary/aromatic N) is 1. The Balaban J connectivity index is 2.40. The summed E-state index contributed by atoms with van der Waals surface area (Å²) in [7, 11) is 0.320. The van der Waals surface area contributed by atoms with Gasteiger partial charge in [0.1, 0.15) is 9.52 Å². The van der Waals surface area contributed by atoms with E-state index in [9.17, 15) is 4.79 Å². The number of carbonyl (C=O) groups excluding carboxylic acids is 1. The summed E-state index contributed by atoms with van der Waals surface area (Å²) >= 11 is 3.05. The third-order valence-electron chi connectivity index (χ3n) is 1.74. The number of nitrogens with one attached hydrogen (secondary N) is 1. The van der Waals surface area contributed by atoms with Crippen molar-refractivity contribution in [3.05, 3.63) is 0 Å². The predicted molar refractivity (Wildman–Crippen MR) is 50.3 cm³/mol. The van der Waals surface area contributed by atoms with Gasteiger partial charge < -0.3 is 15.3 Å². The Bertz CT molecular complexity index is 179. The highest BCUT2D eigenvalue weighted by atomic mass is 79.9. The lowest BCUT2D eigenvalue weighted by Gasteiger charge is -2.22. The first-order valence-electron chi connectivity index (χ1n) is 3.74. The Morgan fingerprint density at radius 2 is 2.50 bits per heavy atom. The van der Waals surface area contributed by atoms with Crippen LogP contribution in [-0.2, 0) is 0 Å². The number of aliphatic hydroxyl groups excluding tert-OH is 1. The van der Waals surface area contributed by atoms with Gasteiger partial charge in [0, 0.05) is 18.8 Å². The molecule has 6 heteroatoms. The van der Waals surface area contributed by atoms with Gasteiger partial charge in [0.2, 0.25) is 0 Å². The van der Waals surface area contributed by atoms with Gasteiger partial charge in [-0.2, -0.15) is 0 Å². The van der Waals surface area contributed by atoms with Gasteiger partial charge in [-0.25, -0.2) is 4.79 Å². The predicted octanol–water partition coefficient (Wildman–Crippen LogP) is -0.267. The molecular formula is C6H11BrN2O2Si. The second-order valence-electron chi connectivity index (χ2n) is 2.60. The number of halogens is 1. The summed E-state index contributed by atoms with van der Waals surface area (Å²) in [6.45, 7) is 3.40. The second-order valence-corrected chi connectivity index (χ2v) is 6.03. The number of aliphatic hydroxyl groups is 1. The number of alkyl halides is 1. The lowest BCUT2D eigenvalue weighted by molar-refractivity contribution is 0.213. The van der Waals surface area contributed by atoms with E-state index in [1.54, 1.807) is 4.90 Å². The molecule has 4 nitrogen and oxygen atoms in total. The number of amides is 2. The standard InChI is InChI=1S/C6H11BrN2O2Si/c1-4(12-5(7)10)9-3-2-8-6(9)11/h4-5,10H,2-3H2,1H3,(H,8,11). The van der Waals surface area contributed by atoms with Crippen LogP contribution in [0.4, 0.5) is 4.79 Å². The minimum Gasteiger partial charge on any atom is -0.386 e. The lowest BCUT2D eigenvalue weighted by atomic mass is 10.6. The molecule has 1 aliphatic rings. The van der Waals surface area contributed by atoms with Crippen molar-refractivity contribution in [2.75, 3.05) is 13.1 Å². The van der Waals surface area contributed by atoms with Crippen LogP contribution >= 0.6 is 15.9 Å². The molecule has 1 rings (SSSR count). The lowest BCUT2D eigenvalue weighted by Crippen LogP contribution is -2.42. The van der Waals surface area contributed by atoms with Crippen LogP contribution in [-0.4, -0.2) is 48.9 Å². The van der Waals surface area contributed by atoms with Crippen LogP contribution < -0.4 is 5.32 Å². The zero-order chi connectivity index (χ0) is 9.14. The van der Waals surface area contributed by atoms with Crippen molar-refractivity contribution in [3.63, 3.8) is 0 Å². The van der Waals surface area contributed by atoms with Crippen molar-refractivity contribution in [2.24, 2.45) is 0 Å². The first-order chi connectivity index (χ1) is 5.61. The molecule has 2 amide bonds. The molecule has 0 bridgehead atoms. The highest BCUT2D eigenvalue weighted by molar-refractivity contribution is 9.10. The third-order valence-corrected chi connectivity index (χ3v) is 3.60. The van der Waals surface area contributed by atoms with Gasteiger partial charge in [0.05, 0.1) is 4.64 Å². The monoisotopic (exact) mass is 250 g/mol. The van der Waals surface area contributed by atoms with Crippen molar-refractivity contribution >= 4 is 31.5 Å². The highest BCUT2D eigenvalue weighted by Crippen LogP contribution is 2.05. The summed E-state index contributed by atoms with van der Waals surface area (Å²) in [6, 6.07) is -0.0249. The molecule has 1 heterocycles. The van der Waals surface area contributed by atoms with Crippen LogP contribution in [0.15, 0.2) is 0 Å². The summed E-state index contributed by atoms with van der Waals surface area (Å²) in [6.07, 6.45) is 0. The summed E-state index contributed by atoms with van der Waals surface area (Å²) in [5.74, 6) is 0. The number of rotatable bonds is 3. The maximum absolute atomic E-state index is 11.1. The zero-order valence-electron chi connectivity index (χ0n) is 6.75. The van der Waals surface area contributed by atoms with Gasteiger partial charge >= 0.3 is 6.03 Å². The van der Waals surface area contributed by atoms with Crippen LogP contribution in [0.5, 0.6) is 0 Å². The molecule has 0 aliphatic carbocycles. The highest BCUT2D eigenvalue weighted by Gasteiger charge is 2.25. The molecule has 1 saturated heterocycles. The molecule has 1 aliphatic heterocycles. The Morgan fingerprint density at radius 1 is 1.83 bits per heavy atom. The van der Waals surface area contributed by atoms with Gasteiger partial charge in [-0.15, -0.1) is 0 Å². The molecule has 12 heavy (non-hydrogen) atoms. The summed E-state index contributed by atoms with van der Waals surface area (Å²) in [5.41, 5.74) is 0.113. The van der Waals surface area contributed by atoms with Gasteiger partial charge in [0.25, 0.3) is 0 Å². The number of hydrogen-bond acceptors (Lipinski definition) is 2. The average Bonchev–Trinajstić information content (AvgIpc) is 2.33. The average molecular weight is 251 g/mol. The van der Waals surface area contributed by atoms with E-state index in [1.165, 1.54) is 0 Å². The third kappa shape index (κ3) is 2.46. The molecule has 2 atom stereocenters. The van der Waals surface area contributed by atoms with E-state index < -0.39 is 4.64 Å². The zero-order valence-corrected chi connectivity index (χ0v) is 9.34. The molecule has 2 radical (unpaired) electrons. The van der Waals surface area contributed by atoms with Crippen molar-refractivity contribution in [3.8, 4) is 0 Å².